The van der Waals surface area contributed by atoms with Crippen molar-refractivity contribution in [2.45, 2.75) is 31.7 Å². The Kier molecular flexibility index (Phi) is 4.08. The number of aromatic nitrogens is 1. The molecule has 2 heterocycles. The van der Waals surface area contributed by atoms with E-state index in [0.717, 1.165) is 12.1 Å². The number of hydrogen-bond acceptors (Lipinski definition) is 4. The van der Waals surface area contributed by atoms with Gasteiger partial charge in [-0.1, -0.05) is 17.3 Å². The molecule has 5 nitrogen and oxygen atoms in total. The number of aliphatic hydroxyl groups excluding tert-OH is 1. The van der Waals surface area contributed by atoms with Crippen molar-refractivity contribution in [1.82, 2.24) is 10.1 Å². The minimum atomic E-state index is -4.42. The third-order valence-corrected chi connectivity index (χ3v) is 4.00. The molecule has 1 aromatic carbocycles. The molecule has 2 aromatic rings. The molecular formula is C16H15F3N2O3. The van der Waals surface area contributed by atoms with Gasteiger partial charge in [0, 0.05) is 12.6 Å². The van der Waals surface area contributed by atoms with E-state index in [1.54, 1.807) is 6.92 Å². The second-order valence-corrected chi connectivity index (χ2v) is 5.82. The molecule has 1 fully saturated rings. The lowest BCUT2D eigenvalue weighted by Gasteiger charge is -2.23. The molecule has 0 radical (unpaired) electrons. The van der Waals surface area contributed by atoms with Gasteiger partial charge in [-0.05, 0) is 31.0 Å². The molecule has 0 aliphatic carbocycles. The van der Waals surface area contributed by atoms with Crippen molar-refractivity contribution in [3.8, 4) is 0 Å². The van der Waals surface area contributed by atoms with Crippen LogP contribution in [0.4, 0.5) is 13.2 Å². The molecule has 3 rings (SSSR count). The van der Waals surface area contributed by atoms with E-state index in [1.165, 1.54) is 23.1 Å². The van der Waals surface area contributed by atoms with Gasteiger partial charge in [-0.2, -0.15) is 13.2 Å². The average Bonchev–Trinajstić information content (AvgIpc) is 3.12. The summed E-state index contributed by atoms with van der Waals surface area (Å²) in [6.45, 7) is 1.76. The fourth-order valence-corrected chi connectivity index (χ4v) is 2.85. The lowest BCUT2D eigenvalue weighted by atomic mass is 10.0. The predicted molar refractivity (Wildman–Crippen MR) is 77.1 cm³/mol. The third-order valence-electron chi connectivity index (χ3n) is 4.00. The fraction of sp³-hybridized carbons (Fsp3) is 0.375. The SMILES string of the molecule is Cc1cc(C(=O)N2C[C@H](O)C[C@H]2c2ccc(C(F)(F)F)cc2)on1. The zero-order chi connectivity index (χ0) is 17.5. The van der Waals surface area contributed by atoms with Crippen LogP contribution in [0.5, 0.6) is 0 Å². The molecule has 1 aliphatic rings. The smallest absolute Gasteiger partial charge is 0.391 e. The molecule has 8 heteroatoms. The van der Waals surface area contributed by atoms with Gasteiger partial charge in [-0.15, -0.1) is 0 Å². The number of carbonyl (C=O) groups is 1. The van der Waals surface area contributed by atoms with E-state index in [1.807, 2.05) is 0 Å². The van der Waals surface area contributed by atoms with Crippen molar-refractivity contribution in [2.24, 2.45) is 0 Å². The highest BCUT2D eigenvalue weighted by Crippen LogP contribution is 2.35. The minimum Gasteiger partial charge on any atom is -0.391 e. The maximum absolute atomic E-state index is 12.7. The normalized spacial score (nSPS) is 21.3. The Hall–Kier alpha value is -2.35. The van der Waals surface area contributed by atoms with Gasteiger partial charge < -0.3 is 14.5 Å². The number of nitrogens with zero attached hydrogens (tertiary/aromatic N) is 2. The standard InChI is InChI=1S/C16H15F3N2O3/c1-9-6-14(24-20-9)15(23)21-8-12(22)7-13(21)10-2-4-11(5-3-10)16(17,18)19/h2-6,12-13,22H,7-8H2,1H3/t12-,13+/m1/s1. The van der Waals surface area contributed by atoms with Crippen LogP contribution in [0.15, 0.2) is 34.9 Å². The van der Waals surface area contributed by atoms with E-state index in [9.17, 15) is 23.1 Å². The molecule has 0 bridgehead atoms. The Morgan fingerprint density at radius 3 is 2.54 bits per heavy atom. The van der Waals surface area contributed by atoms with Crippen molar-refractivity contribution in [1.29, 1.82) is 0 Å². The quantitative estimate of drug-likeness (QED) is 0.913. The molecule has 1 aromatic heterocycles. The summed E-state index contributed by atoms with van der Waals surface area (Å²) >= 11 is 0. The summed E-state index contributed by atoms with van der Waals surface area (Å²) in [5, 5.41) is 13.6. The Bertz CT molecular complexity index is 740. The van der Waals surface area contributed by atoms with Crippen molar-refractivity contribution in [2.75, 3.05) is 6.54 Å². The predicted octanol–water partition coefficient (Wildman–Crippen LogP) is 2.95. The molecular weight excluding hydrogens is 325 g/mol. The Balaban J connectivity index is 1.86. The van der Waals surface area contributed by atoms with Gasteiger partial charge in [0.1, 0.15) is 0 Å². The number of carbonyl (C=O) groups excluding carboxylic acids is 1. The monoisotopic (exact) mass is 340 g/mol. The number of alkyl halides is 3. The van der Waals surface area contributed by atoms with Gasteiger partial charge in [0.05, 0.1) is 23.4 Å². The topological polar surface area (TPSA) is 66.6 Å². The van der Waals surface area contributed by atoms with Crippen LogP contribution in [0.3, 0.4) is 0 Å². The molecule has 1 N–H and O–H groups in total. The maximum Gasteiger partial charge on any atom is 0.416 e. The number of aryl methyl sites for hydroxylation is 1. The van der Waals surface area contributed by atoms with Gasteiger partial charge in [0.2, 0.25) is 5.76 Å². The highest BCUT2D eigenvalue weighted by molar-refractivity contribution is 5.92. The minimum absolute atomic E-state index is 0.0403. The van der Waals surface area contributed by atoms with Gasteiger partial charge in [0.25, 0.3) is 5.91 Å². The van der Waals surface area contributed by atoms with Crippen molar-refractivity contribution >= 4 is 5.91 Å². The molecule has 128 valence electrons. The first-order valence-corrected chi connectivity index (χ1v) is 7.35. The van der Waals surface area contributed by atoms with Crippen LogP contribution in [-0.4, -0.2) is 33.7 Å². The number of β-amino-alcohol motifs (C(OH)–C–C–N with tert-alkyl or cyclic N) is 1. The largest absolute Gasteiger partial charge is 0.416 e. The number of aliphatic hydroxyl groups is 1. The number of rotatable bonds is 2. The molecule has 1 aliphatic heterocycles. The van der Waals surface area contributed by atoms with Crippen LogP contribution in [0.2, 0.25) is 0 Å². The van der Waals surface area contributed by atoms with Gasteiger partial charge in [0.15, 0.2) is 0 Å². The van der Waals surface area contributed by atoms with Gasteiger partial charge in [-0.3, -0.25) is 4.79 Å². The summed E-state index contributed by atoms with van der Waals surface area (Å²) < 4.78 is 42.9. The first-order chi connectivity index (χ1) is 11.3. The summed E-state index contributed by atoms with van der Waals surface area (Å²) in [6, 6.07) is 5.58. The highest BCUT2D eigenvalue weighted by Gasteiger charge is 2.37. The fourth-order valence-electron chi connectivity index (χ4n) is 2.85. The lowest BCUT2D eigenvalue weighted by molar-refractivity contribution is -0.137. The van der Waals surface area contributed by atoms with E-state index in [-0.39, 0.29) is 18.7 Å². The van der Waals surface area contributed by atoms with Crippen LogP contribution < -0.4 is 0 Å². The maximum atomic E-state index is 12.7. The molecule has 0 saturated carbocycles. The van der Waals surface area contributed by atoms with Crippen LogP contribution in [0, 0.1) is 6.92 Å². The second-order valence-electron chi connectivity index (χ2n) is 5.82. The molecule has 1 saturated heterocycles. The highest BCUT2D eigenvalue weighted by atomic mass is 19.4. The van der Waals surface area contributed by atoms with Gasteiger partial charge in [-0.25, -0.2) is 0 Å². The first-order valence-electron chi connectivity index (χ1n) is 7.35. The van der Waals surface area contributed by atoms with Crippen molar-refractivity contribution in [3.63, 3.8) is 0 Å². The zero-order valence-corrected chi connectivity index (χ0v) is 12.7. The molecule has 0 spiro atoms. The van der Waals surface area contributed by atoms with Crippen LogP contribution in [-0.2, 0) is 6.18 Å². The van der Waals surface area contributed by atoms with E-state index in [2.05, 4.69) is 5.16 Å². The summed E-state index contributed by atoms with van der Waals surface area (Å²) in [7, 11) is 0. The van der Waals surface area contributed by atoms with E-state index in [0.29, 0.717) is 11.3 Å². The zero-order valence-electron chi connectivity index (χ0n) is 12.7. The number of hydrogen-bond donors (Lipinski definition) is 1. The average molecular weight is 340 g/mol. The number of benzene rings is 1. The summed E-state index contributed by atoms with van der Waals surface area (Å²) in [5.74, 6) is -0.407. The van der Waals surface area contributed by atoms with Crippen LogP contribution in [0.1, 0.15) is 39.8 Å². The van der Waals surface area contributed by atoms with Crippen LogP contribution >= 0.6 is 0 Å². The lowest BCUT2D eigenvalue weighted by Crippen LogP contribution is -2.31. The Morgan fingerprint density at radius 2 is 2.00 bits per heavy atom. The van der Waals surface area contributed by atoms with Crippen LogP contribution in [0.25, 0.3) is 0 Å². The van der Waals surface area contributed by atoms with E-state index in [4.69, 9.17) is 4.52 Å². The summed E-state index contributed by atoms with van der Waals surface area (Å²) in [6.07, 6.45) is -4.91. The Morgan fingerprint density at radius 1 is 1.33 bits per heavy atom. The second kappa shape index (κ2) is 5.94. The molecule has 24 heavy (non-hydrogen) atoms. The number of likely N-dealkylation sites (tertiary alicyclic amines) is 1. The third kappa shape index (κ3) is 3.14. The van der Waals surface area contributed by atoms with E-state index < -0.39 is 29.8 Å². The number of amides is 1. The molecule has 1 amide bonds. The van der Waals surface area contributed by atoms with E-state index >= 15 is 0 Å². The Labute approximate surface area is 135 Å². The first kappa shape index (κ1) is 16.5. The van der Waals surface area contributed by atoms with Crippen molar-refractivity contribution < 1.29 is 27.6 Å². The van der Waals surface area contributed by atoms with Gasteiger partial charge >= 0.3 is 6.18 Å². The molecule has 2 atom stereocenters. The molecule has 0 unspecified atom stereocenters. The van der Waals surface area contributed by atoms with Crippen molar-refractivity contribution in [3.05, 3.63) is 52.9 Å². The number of halogens is 3. The summed E-state index contributed by atoms with van der Waals surface area (Å²) in [4.78, 5) is 13.9. The summed E-state index contributed by atoms with van der Waals surface area (Å²) in [5.41, 5.74) is 0.321.